The molecule has 3 atom stereocenters. The fourth-order valence-electron chi connectivity index (χ4n) is 4.57. The molecule has 0 bridgehead atoms. The van der Waals surface area contributed by atoms with Crippen molar-refractivity contribution in [2.75, 3.05) is 34.0 Å². The van der Waals surface area contributed by atoms with Crippen molar-refractivity contribution >= 4 is 17.7 Å². The molecular weight excluding hydrogens is 442 g/mol. The van der Waals surface area contributed by atoms with Gasteiger partial charge >= 0.3 is 11.9 Å². The van der Waals surface area contributed by atoms with Crippen molar-refractivity contribution in [2.45, 2.75) is 33.1 Å². The van der Waals surface area contributed by atoms with E-state index < -0.39 is 29.6 Å². The van der Waals surface area contributed by atoms with Crippen molar-refractivity contribution in [3.8, 4) is 11.5 Å². The molecule has 0 aromatic heterocycles. The summed E-state index contributed by atoms with van der Waals surface area (Å²) in [6.45, 7) is 6.20. The summed E-state index contributed by atoms with van der Waals surface area (Å²) < 4.78 is 20.9. The van der Waals surface area contributed by atoms with Crippen LogP contribution in [0.5, 0.6) is 11.5 Å². The van der Waals surface area contributed by atoms with Gasteiger partial charge in [-0.15, -0.1) is 0 Å². The third-order valence-corrected chi connectivity index (χ3v) is 6.17. The van der Waals surface area contributed by atoms with E-state index in [1.54, 1.807) is 19.1 Å². The van der Waals surface area contributed by atoms with Crippen LogP contribution in [0.4, 0.5) is 0 Å². The molecule has 9 heteroatoms. The zero-order valence-electron chi connectivity index (χ0n) is 20.1. The van der Waals surface area contributed by atoms with Gasteiger partial charge in [0.1, 0.15) is 12.5 Å². The Kier molecular flexibility index (Phi) is 7.98. The second-order valence-electron chi connectivity index (χ2n) is 8.30. The van der Waals surface area contributed by atoms with Crippen LogP contribution in [-0.2, 0) is 28.6 Å². The van der Waals surface area contributed by atoms with Gasteiger partial charge in [-0.3, -0.25) is 9.59 Å². The molecule has 0 radical (unpaired) electrons. The maximum absolute atomic E-state index is 13.7. The van der Waals surface area contributed by atoms with Crippen molar-refractivity contribution < 1.29 is 38.4 Å². The van der Waals surface area contributed by atoms with Gasteiger partial charge in [-0.1, -0.05) is 13.0 Å². The Balaban J connectivity index is 2.12. The van der Waals surface area contributed by atoms with E-state index in [1.165, 1.54) is 20.3 Å². The van der Waals surface area contributed by atoms with Crippen molar-refractivity contribution in [1.29, 1.82) is 0 Å². The SMILES string of the molecule is CCOCCOC(=O)C1=C(C)NC2=C(C(=O)[C@H](C(=O)OC)[C@H](C)C2)[C@H]1c1ccc(O)c(OC)c1. The molecule has 1 aliphatic carbocycles. The number of hydrogen-bond donors (Lipinski definition) is 2. The second kappa shape index (κ2) is 10.7. The summed E-state index contributed by atoms with van der Waals surface area (Å²) in [4.78, 5) is 39.4. The van der Waals surface area contributed by atoms with Crippen LogP contribution in [-0.4, -0.2) is 56.9 Å². The predicted molar refractivity (Wildman–Crippen MR) is 122 cm³/mol. The number of benzene rings is 1. The zero-order chi connectivity index (χ0) is 25.0. The maximum atomic E-state index is 13.7. The third-order valence-electron chi connectivity index (χ3n) is 6.17. The molecule has 2 N–H and O–H groups in total. The van der Waals surface area contributed by atoms with Crippen LogP contribution in [0.25, 0.3) is 0 Å². The van der Waals surface area contributed by atoms with Gasteiger partial charge in [-0.2, -0.15) is 0 Å². The molecule has 0 amide bonds. The molecule has 2 aliphatic rings. The number of phenols is 1. The molecule has 1 aromatic rings. The van der Waals surface area contributed by atoms with Gasteiger partial charge in [-0.05, 0) is 43.9 Å². The molecule has 0 spiro atoms. The fraction of sp³-hybridized carbons (Fsp3) is 0.480. The lowest BCUT2D eigenvalue weighted by molar-refractivity contribution is -0.151. The van der Waals surface area contributed by atoms with Crippen LogP contribution in [0, 0.1) is 11.8 Å². The molecule has 184 valence electrons. The lowest BCUT2D eigenvalue weighted by atomic mass is 9.69. The highest BCUT2D eigenvalue weighted by molar-refractivity contribution is 6.12. The van der Waals surface area contributed by atoms with Gasteiger partial charge in [0.05, 0.1) is 26.4 Å². The highest BCUT2D eigenvalue weighted by Crippen LogP contribution is 2.46. The minimum Gasteiger partial charge on any atom is -0.504 e. The average Bonchev–Trinajstić information content (AvgIpc) is 2.81. The van der Waals surface area contributed by atoms with Gasteiger partial charge in [0.25, 0.3) is 0 Å². The normalized spacial score (nSPS) is 22.1. The average molecular weight is 474 g/mol. The molecule has 1 aliphatic heterocycles. The summed E-state index contributed by atoms with van der Waals surface area (Å²) in [6, 6.07) is 4.64. The summed E-state index contributed by atoms with van der Waals surface area (Å²) in [5.41, 5.74) is 2.30. The van der Waals surface area contributed by atoms with Crippen LogP contribution in [0.1, 0.15) is 38.7 Å². The number of phenolic OH excluding ortho intramolecular Hbond substituents is 1. The van der Waals surface area contributed by atoms with E-state index in [-0.39, 0.29) is 36.2 Å². The number of ether oxygens (including phenoxy) is 4. The number of aromatic hydroxyl groups is 1. The van der Waals surface area contributed by atoms with E-state index in [1.807, 2.05) is 13.8 Å². The maximum Gasteiger partial charge on any atom is 0.336 e. The summed E-state index contributed by atoms with van der Waals surface area (Å²) in [5.74, 6) is -3.59. The van der Waals surface area contributed by atoms with Crippen LogP contribution in [0.15, 0.2) is 40.7 Å². The number of ketones is 1. The number of allylic oxidation sites excluding steroid dienone is 3. The monoisotopic (exact) mass is 473 g/mol. The molecule has 0 unspecified atom stereocenters. The molecule has 9 nitrogen and oxygen atoms in total. The molecule has 1 heterocycles. The van der Waals surface area contributed by atoms with Crippen molar-refractivity contribution in [1.82, 2.24) is 5.32 Å². The Morgan fingerprint density at radius 1 is 1.21 bits per heavy atom. The number of Topliss-reactive ketones (excluding diaryl/α,β-unsaturated/α-hetero) is 1. The fourth-order valence-corrected chi connectivity index (χ4v) is 4.57. The quantitative estimate of drug-likeness (QED) is 0.333. The van der Waals surface area contributed by atoms with Crippen molar-refractivity contribution in [3.05, 3.63) is 46.3 Å². The number of nitrogens with one attached hydrogen (secondary N) is 1. The Hall–Kier alpha value is -3.33. The molecule has 1 aromatic carbocycles. The van der Waals surface area contributed by atoms with Crippen LogP contribution >= 0.6 is 0 Å². The van der Waals surface area contributed by atoms with E-state index in [2.05, 4.69) is 5.32 Å². The smallest absolute Gasteiger partial charge is 0.336 e. The van der Waals surface area contributed by atoms with Crippen LogP contribution in [0.2, 0.25) is 0 Å². The van der Waals surface area contributed by atoms with Crippen LogP contribution in [0.3, 0.4) is 0 Å². The number of dihydropyridines is 1. The van der Waals surface area contributed by atoms with Crippen molar-refractivity contribution in [3.63, 3.8) is 0 Å². The van der Waals surface area contributed by atoms with Gasteiger partial charge < -0.3 is 29.4 Å². The topological polar surface area (TPSA) is 120 Å². The molecule has 0 saturated heterocycles. The molecule has 34 heavy (non-hydrogen) atoms. The first-order valence-electron chi connectivity index (χ1n) is 11.2. The molecule has 0 saturated carbocycles. The lowest BCUT2D eigenvalue weighted by Gasteiger charge is -2.38. The Morgan fingerprint density at radius 3 is 2.59 bits per heavy atom. The third kappa shape index (κ3) is 4.79. The van der Waals surface area contributed by atoms with Gasteiger partial charge in [0, 0.05) is 29.5 Å². The number of carbonyl (C=O) groups is 3. The van der Waals surface area contributed by atoms with Crippen LogP contribution < -0.4 is 10.1 Å². The Morgan fingerprint density at radius 2 is 1.94 bits per heavy atom. The number of carbonyl (C=O) groups excluding carboxylic acids is 3. The second-order valence-corrected chi connectivity index (χ2v) is 8.30. The number of hydrogen-bond acceptors (Lipinski definition) is 9. The lowest BCUT2D eigenvalue weighted by Crippen LogP contribution is -2.43. The largest absolute Gasteiger partial charge is 0.504 e. The van der Waals surface area contributed by atoms with E-state index >= 15 is 0 Å². The van der Waals surface area contributed by atoms with E-state index in [0.29, 0.717) is 35.6 Å². The highest BCUT2D eigenvalue weighted by Gasteiger charge is 2.47. The summed E-state index contributed by atoms with van der Waals surface area (Å²) in [6.07, 6.45) is 0.427. The minimum absolute atomic E-state index is 0.0523. The first kappa shape index (κ1) is 25.3. The van der Waals surface area contributed by atoms with E-state index in [4.69, 9.17) is 18.9 Å². The van der Waals surface area contributed by atoms with E-state index in [0.717, 1.165) is 0 Å². The first-order valence-corrected chi connectivity index (χ1v) is 11.2. The summed E-state index contributed by atoms with van der Waals surface area (Å²) in [5, 5.41) is 13.3. The van der Waals surface area contributed by atoms with Crippen molar-refractivity contribution in [2.24, 2.45) is 11.8 Å². The summed E-state index contributed by atoms with van der Waals surface area (Å²) in [7, 11) is 2.66. The Labute approximate surface area is 198 Å². The van der Waals surface area contributed by atoms with Gasteiger partial charge in [-0.25, -0.2) is 4.79 Å². The number of esters is 2. The molecular formula is C25H31NO8. The van der Waals surface area contributed by atoms with Gasteiger partial charge in [0.15, 0.2) is 17.3 Å². The zero-order valence-corrected chi connectivity index (χ0v) is 20.1. The first-order chi connectivity index (χ1) is 16.2. The highest BCUT2D eigenvalue weighted by atomic mass is 16.6. The molecule has 0 fully saturated rings. The number of rotatable bonds is 8. The predicted octanol–water partition coefficient (Wildman–Crippen LogP) is 2.59. The molecule has 3 rings (SSSR count). The summed E-state index contributed by atoms with van der Waals surface area (Å²) >= 11 is 0. The standard InChI is InChI=1S/C25H31NO8/c1-6-33-9-10-34-25(30)20-14(3)26-16-11-13(2)19(24(29)32-5)23(28)22(16)21(20)15-7-8-17(27)18(12-15)31-4/h7-8,12-13,19,21,26-27H,6,9-11H2,1-5H3/t13-,19-,21+/m1/s1. The van der Waals surface area contributed by atoms with Gasteiger partial charge in [0.2, 0.25) is 0 Å². The number of methoxy groups -OCH3 is 2. The van der Waals surface area contributed by atoms with E-state index in [9.17, 15) is 19.5 Å². The Bertz CT molecular complexity index is 1040. The minimum atomic E-state index is -0.985.